The fourth-order valence-electron chi connectivity index (χ4n) is 3.01. The van der Waals surface area contributed by atoms with Crippen LogP contribution in [0.5, 0.6) is 17.2 Å². The van der Waals surface area contributed by atoms with Crippen LogP contribution in [0.25, 0.3) is 0 Å². The minimum Gasteiger partial charge on any atom is -0.508 e. The molecule has 0 bridgehead atoms. The van der Waals surface area contributed by atoms with Gasteiger partial charge in [0.1, 0.15) is 17.2 Å². The van der Waals surface area contributed by atoms with Gasteiger partial charge >= 0.3 is 0 Å². The van der Waals surface area contributed by atoms with E-state index in [1.165, 1.54) is 12.1 Å². The Morgan fingerprint density at radius 2 is 1.08 bits per heavy atom. The summed E-state index contributed by atoms with van der Waals surface area (Å²) in [5, 5.41) is 31.9. The van der Waals surface area contributed by atoms with Gasteiger partial charge in [0.2, 0.25) is 0 Å². The summed E-state index contributed by atoms with van der Waals surface area (Å²) in [7, 11) is 0. The molecule has 0 fully saturated rings. The van der Waals surface area contributed by atoms with E-state index in [1.54, 1.807) is 24.3 Å². The quantitative estimate of drug-likeness (QED) is 0.544. The number of hydrogen-bond donors (Lipinski definition) is 3. The summed E-state index contributed by atoms with van der Waals surface area (Å²) >= 11 is 12.0. The van der Waals surface area contributed by atoms with Gasteiger partial charge < -0.3 is 15.3 Å². The van der Waals surface area contributed by atoms with Crippen LogP contribution in [0.4, 0.5) is 0 Å². The molecule has 0 spiro atoms. The summed E-state index contributed by atoms with van der Waals surface area (Å²) in [4.78, 5) is 0. The maximum atomic E-state index is 10.7. The lowest BCUT2D eigenvalue weighted by Crippen LogP contribution is -1.97. The van der Waals surface area contributed by atoms with Crippen LogP contribution in [0, 0.1) is 6.92 Å². The minimum atomic E-state index is 0.129. The van der Waals surface area contributed by atoms with E-state index in [-0.39, 0.29) is 17.2 Å². The molecule has 3 aromatic carbocycles. The summed E-state index contributed by atoms with van der Waals surface area (Å²) in [6, 6.07) is 13.4. The fraction of sp³-hybridized carbons (Fsp3) is 0.143. The van der Waals surface area contributed by atoms with E-state index in [9.17, 15) is 15.3 Å². The third-order valence-electron chi connectivity index (χ3n) is 4.26. The predicted octanol–water partition coefficient (Wildman–Crippen LogP) is 5.60. The molecule has 0 aromatic heterocycles. The second-order valence-corrected chi connectivity index (χ2v) is 7.20. The molecule has 134 valence electrons. The Bertz CT molecular complexity index is 893. The van der Waals surface area contributed by atoms with Gasteiger partial charge in [-0.2, -0.15) is 0 Å². The van der Waals surface area contributed by atoms with Crippen LogP contribution >= 0.6 is 23.2 Å². The first kappa shape index (κ1) is 18.4. The van der Waals surface area contributed by atoms with Crippen LogP contribution in [0.15, 0.2) is 48.5 Å². The van der Waals surface area contributed by atoms with E-state index in [4.69, 9.17) is 23.2 Å². The lowest BCUT2D eigenvalue weighted by Gasteiger charge is -2.14. The lowest BCUT2D eigenvalue weighted by atomic mass is 9.95. The zero-order chi connectivity index (χ0) is 18.8. The molecule has 0 amide bonds. The number of halogens is 2. The largest absolute Gasteiger partial charge is 0.508 e. The third kappa shape index (κ3) is 4.06. The normalized spacial score (nSPS) is 10.9. The van der Waals surface area contributed by atoms with Crippen molar-refractivity contribution in [3.63, 3.8) is 0 Å². The van der Waals surface area contributed by atoms with Crippen LogP contribution in [0.2, 0.25) is 10.0 Å². The molecule has 0 unspecified atom stereocenters. The van der Waals surface area contributed by atoms with Crippen LogP contribution < -0.4 is 0 Å². The highest BCUT2D eigenvalue weighted by atomic mass is 35.5. The monoisotopic (exact) mass is 388 g/mol. The van der Waals surface area contributed by atoms with Crippen molar-refractivity contribution in [3.05, 3.63) is 86.4 Å². The molecule has 0 heterocycles. The molecular formula is C21H18Cl2O3. The average Bonchev–Trinajstić information content (AvgIpc) is 2.58. The topological polar surface area (TPSA) is 60.7 Å². The number of benzene rings is 3. The summed E-state index contributed by atoms with van der Waals surface area (Å²) < 4.78 is 0. The molecule has 0 aliphatic rings. The zero-order valence-corrected chi connectivity index (χ0v) is 15.6. The van der Waals surface area contributed by atoms with Crippen LogP contribution in [-0.2, 0) is 12.8 Å². The van der Waals surface area contributed by atoms with Gasteiger partial charge in [-0.1, -0.05) is 40.9 Å². The molecule has 0 radical (unpaired) electrons. The van der Waals surface area contributed by atoms with Gasteiger partial charge in [-0.05, 0) is 65.6 Å². The van der Waals surface area contributed by atoms with Crippen molar-refractivity contribution in [2.75, 3.05) is 0 Å². The molecule has 3 aromatic rings. The van der Waals surface area contributed by atoms with Gasteiger partial charge in [0, 0.05) is 22.9 Å². The van der Waals surface area contributed by atoms with Gasteiger partial charge in [0.05, 0.1) is 0 Å². The molecule has 3 rings (SSSR count). The Morgan fingerprint density at radius 1 is 0.654 bits per heavy atom. The number of phenolic OH excluding ortho intramolecular Hbond substituents is 3. The van der Waals surface area contributed by atoms with Gasteiger partial charge in [-0.3, -0.25) is 0 Å². The van der Waals surface area contributed by atoms with Crippen molar-refractivity contribution < 1.29 is 15.3 Å². The standard InChI is InChI=1S/C21H18Cl2O3/c1-12-6-15(8-13-10-17(22)2-4-19(13)24)21(26)16(7-12)9-14-11-18(23)3-5-20(14)25/h2-7,10-11,24-26H,8-9H2,1H3. The molecular weight excluding hydrogens is 371 g/mol. The molecule has 0 saturated heterocycles. The smallest absolute Gasteiger partial charge is 0.122 e. The van der Waals surface area contributed by atoms with E-state index in [1.807, 2.05) is 19.1 Å². The maximum absolute atomic E-state index is 10.7. The highest BCUT2D eigenvalue weighted by Crippen LogP contribution is 2.33. The van der Waals surface area contributed by atoms with Crippen molar-refractivity contribution in [2.45, 2.75) is 19.8 Å². The van der Waals surface area contributed by atoms with Crippen molar-refractivity contribution in [1.29, 1.82) is 0 Å². The number of hydrogen-bond acceptors (Lipinski definition) is 3. The molecule has 0 saturated carbocycles. The minimum absolute atomic E-state index is 0.129. The van der Waals surface area contributed by atoms with Crippen molar-refractivity contribution in [2.24, 2.45) is 0 Å². The highest BCUT2D eigenvalue weighted by molar-refractivity contribution is 6.31. The van der Waals surface area contributed by atoms with E-state index < -0.39 is 0 Å². The summed E-state index contributed by atoms with van der Waals surface area (Å²) in [5.74, 6) is 0.392. The van der Waals surface area contributed by atoms with Crippen molar-refractivity contribution in [3.8, 4) is 17.2 Å². The SMILES string of the molecule is Cc1cc(Cc2cc(Cl)ccc2O)c(O)c(Cc2cc(Cl)ccc2O)c1. The van der Waals surface area contributed by atoms with Crippen molar-refractivity contribution in [1.82, 2.24) is 0 Å². The summed E-state index contributed by atoms with van der Waals surface area (Å²) in [5.41, 5.74) is 3.60. The van der Waals surface area contributed by atoms with Crippen LogP contribution in [0.3, 0.4) is 0 Å². The van der Waals surface area contributed by atoms with E-state index in [0.717, 1.165) is 5.56 Å². The molecule has 0 aliphatic heterocycles. The first-order valence-corrected chi connectivity index (χ1v) is 8.85. The molecule has 3 N–H and O–H groups in total. The Kier molecular flexibility index (Phi) is 5.30. The van der Waals surface area contributed by atoms with E-state index in [0.29, 0.717) is 45.1 Å². The van der Waals surface area contributed by atoms with Gasteiger partial charge in [-0.15, -0.1) is 0 Å². The number of phenols is 3. The predicted molar refractivity (Wildman–Crippen MR) is 105 cm³/mol. The fourth-order valence-corrected chi connectivity index (χ4v) is 3.39. The lowest BCUT2D eigenvalue weighted by molar-refractivity contribution is 0.457. The van der Waals surface area contributed by atoms with Crippen LogP contribution in [-0.4, -0.2) is 15.3 Å². The van der Waals surface area contributed by atoms with Gasteiger partial charge in [0.15, 0.2) is 0 Å². The highest BCUT2D eigenvalue weighted by Gasteiger charge is 2.14. The van der Waals surface area contributed by atoms with Crippen molar-refractivity contribution >= 4 is 23.2 Å². The first-order chi connectivity index (χ1) is 12.3. The molecule has 0 aliphatic carbocycles. The number of rotatable bonds is 4. The summed E-state index contributed by atoms with van der Waals surface area (Å²) in [6.45, 7) is 1.93. The Morgan fingerprint density at radius 3 is 1.50 bits per heavy atom. The summed E-state index contributed by atoms with van der Waals surface area (Å²) in [6.07, 6.45) is 0.683. The third-order valence-corrected chi connectivity index (χ3v) is 4.73. The molecule has 0 atom stereocenters. The Hall–Kier alpha value is -2.36. The average molecular weight is 389 g/mol. The molecule has 3 nitrogen and oxygen atoms in total. The maximum Gasteiger partial charge on any atom is 0.122 e. The number of aromatic hydroxyl groups is 3. The second-order valence-electron chi connectivity index (χ2n) is 6.33. The van der Waals surface area contributed by atoms with Gasteiger partial charge in [-0.25, -0.2) is 0 Å². The zero-order valence-electron chi connectivity index (χ0n) is 14.1. The molecule has 5 heteroatoms. The number of aryl methyl sites for hydroxylation is 1. The Labute approximate surface area is 162 Å². The first-order valence-electron chi connectivity index (χ1n) is 8.09. The van der Waals surface area contributed by atoms with E-state index in [2.05, 4.69) is 0 Å². The molecule has 26 heavy (non-hydrogen) atoms. The van der Waals surface area contributed by atoms with E-state index >= 15 is 0 Å². The van der Waals surface area contributed by atoms with Gasteiger partial charge in [0.25, 0.3) is 0 Å². The van der Waals surface area contributed by atoms with Crippen LogP contribution in [0.1, 0.15) is 27.8 Å². The Balaban J connectivity index is 1.98. The second kappa shape index (κ2) is 7.48.